The predicted octanol–water partition coefficient (Wildman–Crippen LogP) is 5.15. The van der Waals surface area contributed by atoms with Crippen LogP contribution >= 0.6 is 0 Å². The Morgan fingerprint density at radius 2 is 1.71 bits per heavy atom. The Hall–Kier alpha value is -2.04. The second-order valence-electron chi connectivity index (χ2n) is 6.68. The first-order chi connectivity index (χ1) is 11.5. The summed E-state index contributed by atoms with van der Waals surface area (Å²) in [6, 6.07) is 8.73. The average Bonchev–Trinajstić information content (AvgIpc) is 2.56. The van der Waals surface area contributed by atoms with Crippen molar-refractivity contribution in [2.24, 2.45) is 5.92 Å². The van der Waals surface area contributed by atoms with Crippen LogP contribution in [0.25, 0.3) is 0 Å². The first-order valence-electron chi connectivity index (χ1n) is 8.70. The maximum Gasteiger partial charge on any atom is 0.424 e. The topological polar surface area (TPSA) is 55.8 Å². The highest BCUT2D eigenvalue weighted by Gasteiger charge is 2.37. The van der Waals surface area contributed by atoms with Gasteiger partial charge in [-0.05, 0) is 51.7 Å². The van der Waals surface area contributed by atoms with Gasteiger partial charge in [0.25, 0.3) is 0 Å². The van der Waals surface area contributed by atoms with Gasteiger partial charge in [0, 0.05) is 0 Å². The molecule has 2 rings (SSSR count). The van der Waals surface area contributed by atoms with Crippen molar-refractivity contribution in [3.05, 3.63) is 30.3 Å². The van der Waals surface area contributed by atoms with Crippen LogP contribution in [0.15, 0.2) is 30.3 Å². The lowest BCUT2D eigenvalue weighted by atomic mass is 9.79. The molecular formula is C19H27NO4. The quantitative estimate of drug-likeness (QED) is 0.765. The van der Waals surface area contributed by atoms with Gasteiger partial charge in [0.05, 0.1) is 12.3 Å². The molecule has 0 heterocycles. The first-order valence-corrected chi connectivity index (χ1v) is 8.70. The van der Waals surface area contributed by atoms with E-state index in [2.05, 4.69) is 0 Å². The molecule has 132 valence electrons. The SMILES string of the molecule is CCOC(=O)N(C(=O)OC(C)(C)C1CCCCC1)c1ccccc1. The summed E-state index contributed by atoms with van der Waals surface area (Å²) in [5, 5.41) is 0. The molecule has 0 radical (unpaired) electrons. The molecule has 0 saturated heterocycles. The number of rotatable bonds is 4. The Morgan fingerprint density at radius 3 is 2.29 bits per heavy atom. The molecule has 0 atom stereocenters. The molecule has 5 nitrogen and oxygen atoms in total. The van der Waals surface area contributed by atoms with Gasteiger partial charge < -0.3 is 9.47 Å². The summed E-state index contributed by atoms with van der Waals surface area (Å²) in [5.74, 6) is 0.315. The van der Waals surface area contributed by atoms with Crippen LogP contribution in [0.3, 0.4) is 0 Å². The molecule has 0 aromatic heterocycles. The lowest BCUT2D eigenvalue weighted by Gasteiger charge is -2.37. The third-order valence-electron chi connectivity index (χ3n) is 4.59. The Labute approximate surface area is 143 Å². The molecule has 0 spiro atoms. The van der Waals surface area contributed by atoms with Crippen LogP contribution in [0, 0.1) is 5.92 Å². The number of ether oxygens (including phenoxy) is 2. The van der Waals surface area contributed by atoms with E-state index in [4.69, 9.17) is 9.47 Å². The fraction of sp³-hybridized carbons (Fsp3) is 0.579. The molecule has 1 fully saturated rings. The van der Waals surface area contributed by atoms with Crippen LogP contribution in [0.2, 0.25) is 0 Å². The van der Waals surface area contributed by atoms with Crippen LogP contribution in [0.5, 0.6) is 0 Å². The number of carbonyl (C=O) groups excluding carboxylic acids is 2. The largest absolute Gasteiger partial charge is 0.449 e. The zero-order valence-electron chi connectivity index (χ0n) is 14.8. The molecule has 0 unspecified atom stereocenters. The van der Waals surface area contributed by atoms with Gasteiger partial charge in [-0.1, -0.05) is 37.5 Å². The normalized spacial score (nSPS) is 15.6. The highest BCUT2D eigenvalue weighted by atomic mass is 16.6. The number of anilines is 1. The molecule has 1 aliphatic carbocycles. The third kappa shape index (κ3) is 4.49. The van der Waals surface area contributed by atoms with E-state index in [1.807, 2.05) is 19.9 Å². The highest BCUT2D eigenvalue weighted by molar-refractivity contribution is 6.09. The lowest BCUT2D eigenvalue weighted by Crippen LogP contribution is -2.45. The molecule has 24 heavy (non-hydrogen) atoms. The van der Waals surface area contributed by atoms with E-state index in [1.54, 1.807) is 31.2 Å². The number of benzene rings is 1. The zero-order chi connectivity index (χ0) is 17.6. The van der Waals surface area contributed by atoms with E-state index < -0.39 is 17.8 Å². The van der Waals surface area contributed by atoms with E-state index >= 15 is 0 Å². The zero-order valence-corrected chi connectivity index (χ0v) is 14.8. The molecule has 1 aromatic carbocycles. The third-order valence-corrected chi connectivity index (χ3v) is 4.59. The number of nitrogens with zero attached hydrogens (tertiary/aromatic N) is 1. The van der Waals surface area contributed by atoms with E-state index in [9.17, 15) is 9.59 Å². The fourth-order valence-electron chi connectivity index (χ4n) is 3.20. The van der Waals surface area contributed by atoms with Crippen molar-refractivity contribution in [1.29, 1.82) is 0 Å². The van der Waals surface area contributed by atoms with Crippen molar-refractivity contribution in [3.63, 3.8) is 0 Å². The van der Waals surface area contributed by atoms with Gasteiger partial charge in [0.15, 0.2) is 0 Å². The highest BCUT2D eigenvalue weighted by Crippen LogP contribution is 2.35. The molecular weight excluding hydrogens is 306 g/mol. The maximum absolute atomic E-state index is 12.7. The van der Waals surface area contributed by atoms with Gasteiger partial charge >= 0.3 is 12.2 Å². The first kappa shape index (κ1) is 18.3. The lowest BCUT2D eigenvalue weighted by molar-refractivity contribution is -0.0149. The van der Waals surface area contributed by atoms with E-state index in [-0.39, 0.29) is 6.61 Å². The summed E-state index contributed by atoms with van der Waals surface area (Å²) < 4.78 is 10.8. The molecule has 0 N–H and O–H groups in total. The summed E-state index contributed by atoms with van der Waals surface area (Å²) in [6.45, 7) is 5.75. The van der Waals surface area contributed by atoms with Gasteiger partial charge in [-0.2, -0.15) is 4.90 Å². The second kappa shape index (κ2) is 8.18. The van der Waals surface area contributed by atoms with Gasteiger partial charge in [-0.3, -0.25) is 0 Å². The van der Waals surface area contributed by atoms with E-state index in [1.165, 1.54) is 6.42 Å². The van der Waals surface area contributed by atoms with Crippen molar-refractivity contribution in [3.8, 4) is 0 Å². The molecule has 5 heteroatoms. The number of para-hydroxylation sites is 1. The minimum atomic E-state index is -0.715. The monoisotopic (exact) mass is 333 g/mol. The minimum absolute atomic E-state index is 0.196. The summed E-state index contributed by atoms with van der Waals surface area (Å²) in [6.07, 6.45) is 4.25. The Morgan fingerprint density at radius 1 is 1.08 bits per heavy atom. The number of imide groups is 1. The van der Waals surface area contributed by atoms with Crippen molar-refractivity contribution in [1.82, 2.24) is 0 Å². The van der Waals surface area contributed by atoms with Crippen molar-refractivity contribution in [2.45, 2.75) is 58.5 Å². The molecule has 1 saturated carbocycles. The summed E-state index contributed by atoms with van der Waals surface area (Å²) >= 11 is 0. The van der Waals surface area contributed by atoms with Gasteiger partial charge in [0.2, 0.25) is 0 Å². The smallest absolute Gasteiger partial charge is 0.424 e. The van der Waals surface area contributed by atoms with Crippen LogP contribution < -0.4 is 4.90 Å². The minimum Gasteiger partial charge on any atom is -0.449 e. The summed E-state index contributed by atoms with van der Waals surface area (Å²) in [7, 11) is 0. The van der Waals surface area contributed by atoms with Gasteiger partial charge in [-0.15, -0.1) is 0 Å². The van der Waals surface area contributed by atoms with Crippen LogP contribution in [0.4, 0.5) is 15.3 Å². The van der Waals surface area contributed by atoms with Gasteiger partial charge in [0.1, 0.15) is 5.60 Å². The van der Waals surface area contributed by atoms with E-state index in [0.717, 1.165) is 30.6 Å². The van der Waals surface area contributed by atoms with Crippen LogP contribution in [-0.2, 0) is 9.47 Å². The second-order valence-corrected chi connectivity index (χ2v) is 6.68. The average molecular weight is 333 g/mol. The Balaban J connectivity index is 2.16. The number of carbonyl (C=O) groups is 2. The van der Waals surface area contributed by atoms with Crippen LogP contribution in [0.1, 0.15) is 52.9 Å². The number of hydrogen-bond donors (Lipinski definition) is 0. The Kier molecular flexibility index (Phi) is 6.23. The summed E-state index contributed by atoms with van der Waals surface area (Å²) in [4.78, 5) is 25.9. The molecule has 2 amide bonds. The molecule has 0 aliphatic heterocycles. The maximum atomic E-state index is 12.7. The number of hydrogen-bond acceptors (Lipinski definition) is 4. The van der Waals surface area contributed by atoms with Gasteiger partial charge in [-0.25, -0.2) is 9.59 Å². The molecule has 1 aliphatic rings. The van der Waals surface area contributed by atoms with E-state index in [0.29, 0.717) is 11.6 Å². The fourth-order valence-corrected chi connectivity index (χ4v) is 3.20. The van der Waals surface area contributed by atoms with Crippen molar-refractivity contribution in [2.75, 3.05) is 11.5 Å². The predicted molar refractivity (Wildman–Crippen MR) is 93.1 cm³/mol. The molecule has 0 bridgehead atoms. The Bertz CT molecular complexity index is 550. The van der Waals surface area contributed by atoms with Crippen molar-refractivity contribution >= 4 is 17.9 Å². The summed E-state index contributed by atoms with van der Waals surface area (Å²) in [5.41, 5.74) is -0.169. The number of amides is 2. The van der Waals surface area contributed by atoms with Crippen molar-refractivity contribution < 1.29 is 19.1 Å². The standard InChI is InChI=1S/C19H27NO4/c1-4-23-17(21)20(16-13-9-6-10-14-16)18(22)24-19(2,3)15-11-7-5-8-12-15/h6,9-10,13-15H,4-5,7-8,11-12H2,1-3H3. The molecule has 1 aromatic rings. The van der Waals surface area contributed by atoms with Crippen LogP contribution in [-0.4, -0.2) is 24.4 Å².